The normalized spacial score (nSPS) is 12.4. The van der Waals surface area contributed by atoms with E-state index in [4.69, 9.17) is 14.2 Å². The highest BCUT2D eigenvalue weighted by Gasteiger charge is 2.19. The lowest BCUT2D eigenvalue weighted by Crippen LogP contribution is -2.30. The topological polar surface area (TPSA) is 78.9 Å². The summed E-state index contributed by atoms with van der Waals surface area (Å²) < 4.78 is 16.8. The fraction of sp³-hybridized carbons (Fsp3) is 0.794. The number of unbranched alkanes of at least 4 members (excludes halogenated alkanes) is 33. The summed E-state index contributed by atoms with van der Waals surface area (Å²) >= 11 is 0. The molecule has 0 aromatic rings. The molecule has 1 atom stereocenters. The quantitative estimate of drug-likeness (QED) is 0.0262. The maximum atomic E-state index is 12.8. The van der Waals surface area contributed by atoms with Crippen molar-refractivity contribution in [3.8, 4) is 0 Å². The largest absolute Gasteiger partial charge is 0.462 e. The fourth-order valence-corrected chi connectivity index (χ4v) is 8.48. The highest BCUT2D eigenvalue weighted by molar-refractivity contribution is 5.71. The van der Waals surface area contributed by atoms with Crippen LogP contribution in [0.2, 0.25) is 0 Å². The van der Waals surface area contributed by atoms with Gasteiger partial charge in [-0.3, -0.25) is 14.4 Å². The number of hydrogen-bond donors (Lipinski definition) is 0. The van der Waals surface area contributed by atoms with Crippen LogP contribution < -0.4 is 0 Å². The third kappa shape index (κ3) is 55.9. The molecule has 69 heavy (non-hydrogen) atoms. The van der Waals surface area contributed by atoms with Crippen LogP contribution in [0.25, 0.3) is 0 Å². The molecule has 0 radical (unpaired) electrons. The minimum absolute atomic E-state index is 0.0783. The van der Waals surface area contributed by atoms with Gasteiger partial charge in [0.1, 0.15) is 13.2 Å². The van der Waals surface area contributed by atoms with Gasteiger partial charge < -0.3 is 14.2 Å². The molecule has 1 unspecified atom stereocenters. The van der Waals surface area contributed by atoms with Gasteiger partial charge in [0.05, 0.1) is 0 Å². The van der Waals surface area contributed by atoms with Gasteiger partial charge in [0, 0.05) is 19.3 Å². The number of carbonyl (C=O) groups is 3. The Morgan fingerprint density at radius 2 is 0.522 bits per heavy atom. The Morgan fingerprint density at radius 1 is 0.290 bits per heavy atom. The maximum absolute atomic E-state index is 12.8. The predicted molar refractivity (Wildman–Crippen MR) is 298 cm³/mol. The van der Waals surface area contributed by atoms with Crippen molar-refractivity contribution in [3.63, 3.8) is 0 Å². The van der Waals surface area contributed by atoms with E-state index in [1.54, 1.807) is 0 Å². The number of rotatable bonds is 54. The standard InChI is InChI=1S/C63H112O6/c1-4-7-10-13-16-19-21-23-25-27-28-29-30-31-32-33-34-35-36-37-39-40-42-44-47-50-53-56-62(65)68-59-60(58-67-61(64)55-52-49-46-18-15-12-9-6-3)69-63(66)57-54-51-48-45-43-41-38-26-24-22-20-17-14-11-8-5-2/h20-23,26-28,30-31,38,60H,4-19,24-25,29,32-37,39-59H2,1-3H3/b22-20-,23-21-,28-27-,31-30-,38-26-. The molecule has 0 bridgehead atoms. The van der Waals surface area contributed by atoms with Crippen molar-refractivity contribution in [3.05, 3.63) is 60.8 Å². The average molecular weight is 966 g/mol. The molecule has 0 saturated carbocycles. The zero-order chi connectivity index (χ0) is 50.0. The van der Waals surface area contributed by atoms with E-state index in [2.05, 4.69) is 81.5 Å². The molecule has 0 N–H and O–H groups in total. The molecule has 0 spiro atoms. The summed E-state index contributed by atoms with van der Waals surface area (Å²) in [5.41, 5.74) is 0. The monoisotopic (exact) mass is 965 g/mol. The van der Waals surface area contributed by atoms with Crippen LogP contribution in [-0.2, 0) is 28.6 Å². The van der Waals surface area contributed by atoms with Crippen LogP contribution >= 0.6 is 0 Å². The van der Waals surface area contributed by atoms with Crippen LogP contribution in [0.1, 0.15) is 303 Å². The molecule has 6 heteroatoms. The second-order valence-corrected chi connectivity index (χ2v) is 19.9. The van der Waals surface area contributed by atoms with Crippen LogP contribution in [0.3, 0.4) is 0 Å². The minimum Gasteiger partial charge on any atom is -0.462 e. The van der Waals surface area contributed by atoms with Gasteiger partial charge in [-0.2, -0.15) is 0 Å². The molecule has 0 heterocycles. The Balaban J connectivity index is 4.17. The van der Waals surface area contributed by atoms with E-state index in [0.717, 1.165) is 96.3 Å². The van der Waals surface area contributed by atoms with E-state index in [1.807, 2.05) is 0 Å². The van der Waals surface area contributed by atoms with Gasteiger partial charge in [-0.1, -0.05) is 255 Å². The average Bonchev–Trinajstić information content (AvgIpc) is 3.35. The second kappa shape index (κ2) is 57.7. The lowest BCUT2D eigenvalue weighted by Gasteiger charge is -2.18. The van der Waals surface area contributed by atoms with Crippen molar-refractivity contribution in [2.45, 2.75) is 309 Å². The predicted octanol–water partition coefficient (Wildman–Crippen LogP) is 20.0. The molecule has 0 saturated heterocycles. The van der Waals surface area contributed by atoms with Crippen molar-refractivity contribution in [1.29, 1.82) is 0 Å². The van der Waals surface area contributed by atoms with Crippen molar-refractivity contribution in [2.24, 2.45) is 0 Å². The van der Waals surface area contributed by atoms with E-state index in [-0.39, 0.29) is 31.1 Å². The second-order valence-electron chi connectivity index (χ2n) is 19.9. The molecule has 0 aliphatic rings. The molecule has 0 aliphatic heterocycles. The Morgan fingerprint density at radius 3 is 0.826 bits per heavy atom. The van der Waals surface area contributed by atoms with Gasteiger partial charge in [-0.05, 0) is 89.9 Å². The first-order valence-corrected chi connectivity index (χ1v) is 29.8. The van der Waals surface area contributed by atoms with Crippen LogP contribution in [0, 0.1) is 0 Å². The van der Waals surface area contributed by atoms with Crippen LogP contribution in [0.15, 0.2) is 60.8 Å². The number of carbonyl (C=O) groups excluding carboxylic acids is 3. The van der Waals surface area contributed by atoms with E-state index in [9.17, 15) is 14.4 Å². The van der Waals surface area contributed by atoms with Gasteiger partial charge in [-0.15, -0.1) is 0 Å². The molecule has 0 aromatic heterocycles. The van der Waals surface area contributed by atoms with E-state index in [1.165, 1.54) is 167 Å². The first-order valence-electron chi connectivity index (χ1n) is 29.8. The first-order chi connectivity index (χ1) is 34.0. The Labute approximate surface area is 428 Å². The van der Waals surface area contributed by atoms with E-state index in [0.29, 0.717) is 19.3 Å². The summed E-state index contributed by atoms with van der Waals surface area (Å²) in [5, 5.41) is 0. The lowest BCUT2D eigenvalue weighted by atomic mass is 10.0. The maximum Gasteiger partial charge on any atom is 0.306 e. The molecular formula is C63H112O6. The highest BCUT2D eigenvalue weighted by Crippen LogP contribution is 2.16. The minimum atomic E-state index is -0.779. The molecule has 0 aromatic carbocycles. The van der Waals surface area contributed by atoms with Gasteiger partial charge >= 0.3 is 17.9 Å². The van der Waals surface area contributed by atoms with Crippen molar-refractivity contribution < 1.29 is 28.6 Å². The summed E-state index contributed by atoms with van der Waals surface area (Å²) in [4.78, 5) is 38.0. The Hall–Kier alpha value is -2.89. The van der Waals surface area contributed by atoms with Gasteiger partial charge in [0.25, 0.3) is 0 Å². The molecule has 0 rings (SSSR count). The fourth-order valence-electron chi connectivity index (χ4n) is 8.48. The summed E-state index contributed by atoms with van der Waals surface area (Å²) in [5.74, 6) is -0.888. The lowest BCUT2D eigenvalue weighted by molar-refractivity contribution is -0.167. The number of allylic oxidation sites excluding steroid dienone is 10. The molecule has 0 aliphatic carbocycles. The van der Waals surface area contributed by atoms with Gasteiger partial charge in [-0.25, -0.2) is 0 Å². The van der Waals surface area contributed by atoms with Gasteiger partial charge in [0.15, 0.2) is 6.10 Å². The number of hydrogen-bond acceptors (Lipinski definition) is 6. The third-order valence-corrected chi connectivity index (χ3v) is 13.0. The SMILES string of the molecule is CCCCCC/C=C\C/C=C\CCCCCCCC(=O)OC(COC(=O)CCCCCCCCCC)COC(=O)CCCCCCCCCCCCCC/C=C\C/C=C\C/C=C\CCCCCCC. The smallest absolute Gasteiger partial charge is 0.306 e. The third-order valence-electron chi connectivity index (χ3n) is 13.0. The van der Waals surface area contributed by atoms with E-state index < -0.39 is 6.10 Å². The number of ether oxygens (including phenoxy) is 3. The zero-order valence-electron chi connectivity index (χ0n) is 45.8. The first kappa shape index (κ1) is 66.1. The van der Waals surface area contributed by atoms with Crippen LogP contribution in [0.4, 0.5) is 0 Å². The molecule has 400 valence electrons. The summed E-state index contributed by atoms with van der Waals surface area (Å²) in [6.45, 7) is 6.59. The van der Waals surface area contributed by atoms with Crippen molar-refractivity contribution >= 4 is 17.9 Å². The van der Waals surface area contributed by atoms with Crippen LogP contribution in [0.5, 0.6) is 0 Å². The Bertz CT molecular complexity index is 1250. The molecule has 6 nitrogen and oxygen atoms in total. The van der Waals surface area contributed by atoms with Crippen molar-refractivity contribution in [1.82, 2.24) is 0 Å². The molecular weight excluding hydrogens is 853 g/mol. The zero-order valence-corrected chi connectivity index (χ0v) is 45.8. The highest BCUT2D eigenvalue weighted by atomic mass is 16.6. The summed E-state index contributed by atoms with van der Waals surface area (Å²) in [6, 6.07) is 0. The van der Waals surface area contributed by atoms with Crippen molar-refractivity contribution in [2.75, 3.05) is 13.2 Å². The van der Waals surface area contributed by atoms with Crippen LogP contribution in [-0.4, -0.2) is 37.2 Å². The summed E-state index contributed by atoms with van der Waals surface area (Å²) in [6.07, 6.45) is 72.3. The Kier molecular flexibility index (Phi) is 55.3. The summed E-state index contributed by atoms with van der Waals surface area (Å²) in [7, 11) is 0. The number of esters is 3. The molecule has 0 amide bonds. The van der Waals surface area contributed by atoms with E-state index >= 15 is 0 Å². The molecule has 0 fully saturated rings. The van der Waals surface area contributed by atoms with Gasteiger partial charge in [0.2, 0.25) is 0 Å².